The van der Waals surface area contributed by atoms with E-state index in [0.717, 1.165) is 31.3 Å². The minimum Gasteiger partial charge on any atom is -0.478 e. The second kappa shape index (κ2) is 7.73. The van der Waals surface area contributed by atoms with Crippen LogP contribution in [-0.4, -0.2) is 63.5 Å². The molecule has 12 heteroatoms. The van der Waals surface area contributed by atoms with Crippen molar-refractivity contribution in [1.29, 1.82) is 0 Å². The van der Waals surface area contributed by atoms with Gasteiger partial charge in [-0.1, -0.05) is 0 Å². The zero-order valence-electron chi connectivity index (χ0n) is 14.2. The third kappa shape index (κ3) is 4.07. The van der Waals surface area contributed by atoms with Crippen LogP contribution in [-0.2, 0) is 33.9 Å². The maximum absolute atomic E-state index is 12.2. The van der Waals surface area contributed by atoms with Gasteiger partial charge in [-0.15, -0.1) is 0 Å². The molecule has 0 aliphatic carbocycles. The number of esters is 2. The summed E-state index contributed by atoms with van der Waals surface area (Å²) in [6, 6.07) is 2.71. The lowest BCUT2D eigenvalue weighted by molar-refractivity contribution is -0.140. The molecule has 0 radical (unpaired) electrons. The summed E-state index contributed by atoms with van der Waals surface area (Å²) in [4.78, 5) is 36.2. The first-order valence-electron chi connectivity index (χ1n) is 7.21. The third-order valence-electron chi connectivity index (χ3n) is 3.62. The van der Waals surface area contributed by atoms with Gasteiger partial charge in [-0.2, -0.15) is 8.42 Å². The van der Waals surface area contributed by atoms with E-state index in [1.807, 2.05) is 0 Å². The number of carboxylic acid groups (broad SMARTS) is 1. The van der Waals surface area contributed by atoms with Crippen molar-refractivity contribution in [2.75, 3.05) is 32.5 Å². The standard InChI is InChI=1S/C15H15NO10S/c1-24-14(19)10-6-26-7-16(12(10)15(20)25-2)11-4-3-8(27(21,22)23)5-9(11)13(17)18/h3-5H,6-7H2,1-2H3,(H,17,18)(H,21,22,23). The molecule has 27 heavy (non-hydrogen) atoms. The van der Waals surface area contributed by atoms with Crippen molar-refractivity contribution in [3.63, 3.8) is 0 Å². The fourth-order valence-electron chi connectivity index (χ4n) is 2.42. The van der Waals surface area contributed by atoms with Crippen molar-refractivity contribution in [3.05, 3.63) is 35.0 Å². The number of carbonyl (C=O) groups excluding carboxylic acids is 2. The molecule has 0 unspecified atom stereocenters. The Labute approximate surface area is 153 Å². The fourth-order valence-corrected chi connectivity index (χ4v) is 2.92. The van der Waals surface area contributed by atoms with Gasteiger partial charge in [-0.3, -0.25) is 4.55 Å². The number of carbonyl (C=O) groups is 3. The lowest BCUT2D eigenvalue weighted by Crippen LogP contribution is -2.39. The van der Waals surface area contributed by atoms with Crippen molar-refractivity contribution >= 4 is 33.7 Å². The van der Waals surface area contributed by atoms with Crippen molar-refractivity contribution < 1.29 is 46.7 Å². The number of nitrogens with zero attached hydrogens (tertiary/aromatic N) is 1. The maximum Gasteiger partial charge on any atom is 0.355 e. The highest BCUT2D eigenvalue weighted by Gasteiger charge is 2.34. The summed E-state index contributed by atoms with van der Waals surface area (Å²) in [5, 5.41) is 9.42. The number of benzene rings is 1. The molecule has 2 N–H and O–H groups in total. The Morgan fingerprint density at radius 3 is 2.30 bits per heavy atom. The highest BCUT2D eigenvalue weighted by molar-refractivity contribution is 7.85. The Bertz CT molecular complexity index is 934. The van der Waals surface area contributed by atoms with Gasteiger partial charge in [0.1, 0.15) is 12.4 Å². The smallest absolute Gasteiger partial charge is 0.355 e. The van der Waals surface area contributed by atoms with E-state index in [-0.39, 0.29) is 30.3 Å². The van der Waals surface area contributed by atoms with E-state index in [4.69, 9.17) is 9.29 Å². The van der Waals surface area contributed by atoms with Crippen LogP contribution in [0.4, 0.5) is 5.69 Å². The molecule has 1 aromatic rings. The predicted molar refractivity (Wildman–Crippen MR) is 87.6 cm³/mol. The summed E-state index contributed by atoms with van der Waals surface area (Å²) in [6.45, 7) is -0.602. The van der Waals surface area contributed by atoms with Crippen LogP contribution in [0.3, 0.4) is 0 Å². The molecule has 0 aromatic heterocycles. The molecular formula is C15H15NO10S. The molecule has 0 atom stereocenters. The second-order valence-electron chi connectivity index (χ2n) is 5.18. The number of methoxy groups -OCH3 is 2. The van der Waals surface area contributed by atoms with Crippen LogP contribution in [0.25, 0.3) is 0 Å². The Hall–Kier alpha value is -2.96. The number of ether oxygens (including phenoxy) is 3. The third-order valence-corrected chi connectivity index (χ3v) is 4.47. The zero-order chi connectivity index (χ0) is 20.4. The van der Waals surface area contributed by atoms with Gasteiger partial charge in [0.25, 0.3) is 10.1 Å². The molecule has 1 aliphatic rings. The molecule has 1 heterocycles. The van der Waals surface area contributed by atoms with E-state index in [9.17, 15) is 27.9 Å². The van der Waals surface area contributed by atoms with Crippen molar-refractivity contribution in [1.82, 2.24) is 0 Å². The van der Waals surface area contributed by atoms with E-state index < -0.39 is 38.5 Å². The monoisotopic (exact) mass is 401 g/mol. The summed E-state index contributed by atoms with van der Waals surface area (Å²) in [5.74, 6) is -3.37. The first-order chi connectivity index (χ1) is 12.6. The SMILES string of the molecule is COC(=O)C1=C(C(=O)OC)N(c2ccc(S(=O)(=O)O)cc2C(=O)O)COC1. The second-order valence-corrected chi connectivity index (χ2v) is 6.60. The van der Waals surface area contributed by atoms with Crippen LogP contribution in [0.5, 0.6) is 0 Å². The van der Waals surface area contributed by atoms with Gasteiger partial charge in [-0.25, -0.2) is 14.4 Å². The molecule has 0 spiro atoms. The summed E-state index contributed by atoms with van der Waals surface area (Å²) >= 11 is 0. The molecule has 11 nitrogen and oxygen atoms in total. The van der Waals surface area contributed by atoms with Crippen molar-refractivity contribution in [2.45, 2.75) is 4.90 Å². The molecule has 0 saturated carbocycles. The van der Waals surface area contributed by atoms with E-state index >= 15 is 0 Å². The van der Waals surface area contributed by atoms with Gasteiger partial charge in [-0.05, 0) is 18.2 Å². The lowest BCUT2D eigenvalue weighted by atomic mass is 10.1. The number of hydrogen-bond acceptors (Lipinski definition) is 9. The number of hydrogen-bond donors (Lipinski definition) is 2. The van der Waals surface area contributed by atoms with Crippen LogP contribution >= 0.6 is 0 Å². The van der Waals surface area contributed by atoms with Gasteiger partial charge in [0.05, 0.1) is 42.5 Å². The number of rotatable bonds is 5. The van der Waals surface area contributed by atoms with E-state index in [1.54, 1.807) is 0 Å². The van der Waals surface area contributed by atoms with Crippen LogP contribution in [0.15, 0.2) is 34.4 Å². The van der Waals surface area contributed by atoms with Gasteiger partial charge in [0, 0.05) is 0 Å². The minimum absolute atomic E-state index is 0.156. The van der Waals surface area contributed by atoms with Gasteiger partial charge in [0.15, 0.2) is 0 Å². The summed E-state index contributed by atoms with van der Waals surface area (Å²) in [5.41, 5.74) is -1.22. The average molecular weight is 401 g/mol. The first kappa shape index (κ1) is 20.4. The molecule has 0 saturated heterocycles. The molecule has 2 rings (SSSR count). The lowest BCUT2D eigenvalue weighted by Gasteiger charge is -2.32. The summed E-state index contributed by atoms with van der Waals surface area (Å²) in [6.07, 6.45) is 0. The Morgan fingerprint density at radius 2 is 1.78 bits per heavy atom. The first-order valence-corrected chi connectivity index (χ1v) is 8.65. The van der Waals surface area contributed by atoms with Crippen LogP contribution in [0.1, 0.15) is 10.4 Å². The van der Waals surface area contributed by atoms with Gasteiger partial charge >= 0.3 is 17.9 Å². The Kier molecular flexibility index (Phi) is 5.83. The molecule has 0 bridgehead atoms. The molecule has 0 fully saturated rings. The maximum atomic E-state index is 12.2. The Morgan fingerprint density at radius 1 is 1.15 bits per heavy atom. The minimum atomic E-state index is -4.66. The van der Waals surface area contributed by atoms with Crippen LogP contribution < -0.4 is 4.90 Å². The molecule has 1 aliphatic heterocycles. The zero-order valence-corrected chi connectivity index (χ0v) is 15.0. The fraction of sp³-hybridized carbons (Fsp3) is 0.267. The number of carboxylic acids is 1. The highest BCUT2D eigenvalue weighted by Crippen LogP contribution is 2.31. The molecule has 146 valence electrons. The average Bonchev–Trinajstić information content (AvgIpc) is 2.64. The van der Waals surface area contributed by atoms with E-state index in [0.29, 0.717) is 6.07 Å². The topological polar surface area (TPSA) is 157 Å². The van der Waals surface area contributed by atoms with Gasteiger partial charge < -0.3 is 24.2 Å². The quantitative estimate of drug-likeness (QED) is 0.506. The summed E-state index contributed by atoms with van der Waals surface area (Å²) in [7, 11) is -2.50. The van der Waals surface area contributed by atoms with E-state index in [1.165, 1.54) is 0 Å². The highest BCUT2D eigenvalue weighted by atomic mass is 32.2. The van der Waals surface area contributed by atoms with Crippen LogP contribution in [0, 0.1) is 0 Å². The van der Waals surface area contributed by atoms with Gasteiger partial charge in [0.2, 0.25) is 0 Å². The number of aromatic carboxylic acids is 1. The normalized spacial score (nSPS) is 14.7. The van der Waals surface area contributed by atoms with Crippen LogP contribution in [0.2, 0.25) is 0 Å². The van der Waals surface area contributed by atoms with Crippen molar-refractivity contribution in [2.24, 2.45) is 0 Å². The van der Waals surface area contributed by atoms with E-state index in [2.05, 4.69) is 9.47 Å². The number of anilines is 1. The largest absolute Gasteiger partial charge is 0.478 e. The molecule has 0 amide bonds. The predicted octanol–water partition coefficient (Wildman–Crippen LogP) is 0.0257. The summed E-state index contributed by atoms with van der Waals surface area (Å²) < 4.78 is 46.2. The molecular weight excluding hydrogens is 386 g/mol. The van der Waals surface area contributed by atoms with Crippen molar-refractivity contribution in [3.8, 4) is 0 Å². The Balaban J connectivity index is 2.72. The molecule has 1 aromatic carbocycles.